The van der Waals surface area contributed by atoms with Crippen LogP contribution in [0.5, 0.6) is 0 Å². The zero-order valence-corrected chi connectivity index (χ0v) is 14.7. The number of rotatable bonds is 8. The number of Topliss-reactive ketones (excluding diaryl/α,β-unsaturated/α-hetero) is 1. The van der Waals surface area contributed by atoms with Crippen LogP contribution >= 0.6 is 11.6 Å². The average molecular weight is 382 g/mol. The number of hydrogen-bond donors (Lipinski definition) is 2. The largest absolute Gasteiger partial charge is 0.481 e. The van der Waals surface area contributed by atoms with Crippen molar-refractivity contribution in [2.24, 2.45) is 0 Å². The maximum absolute atomic E-state index is 12.5. The second-order valence-electron chi connectivity index (χ2n) is 5.27. The van der Waals surface area contributed by atoms with Gasteiger partial charge in [-0.2, -0.15) is 0 Å². The Hall–Kier alpha value is -2.22. The Morgan fingerprint density at radius 2 is 1.72 bits per heavy atom. The van der Waals surface area contributed by atoms with Crippen LogP contribution in [0.15, 0.2) is 53.4 Å². The monoisotopic (exact) mass is 381 g/mol. The zero-order chi connectivity index (χ0) is 18.4. The summed E-state index contributed by atoms with van der Waals surface area (Å²) in [5.41, 5.74) is 0.877. The molecule has 2 rings (SSSR count). The molecule has 0 bridgehead atoms. The van der Waals surface area contributed by atoms with Gasteiger partial charge < -0.3 is 5.11 Å². The molecule has 0 aliphatic heterocycles. The predicted molar refractivity (Wildman–Crippen MR) is 93.1 cm³/mol. The van der Waals surface area contributed by atoms with Crippen LogP contribution in [-0.2, 0) is 21.4 Å². The quantitative estimate of drug-likeness (QED) is 0.685. The molecule has 0 atom stereocenters. The molecule has 0 saturated heterocycles. The first kappa shape index (κ1) is 19.1. The van der Waals surface area contributed by atoms with E-state index in [4.69, 9.17) is 16.7 Å². The first-order valence-corrected chi connectivity index (χ1v) is 9.24. The molecule has 0 heterocycles. The van der Waals surface area contributed by atoms with E-state index in [1.807, 2.05) is 6.07 Å². The van der Waals surface area contributed by atoms with Crippen molar-refractivity contribution in [2.75, 3.05) is 0 Å². The van der Waals surface area contributed by atoms with Crippen molar-refractivity contribution in [1.29, 1.82) is 0 Å². The molecule has 8 heteroatoms. The lowest BCUT2D eigenvalue weighted by atomic mass is 10.1. The van der Waals surface area contributed by atoms with Gasteiger partial charge in [0.05, 0.1) is 11.4 Å². The molecule has 2 aromatic carbocycles. The van der Waals surface area contributed by atoms with Gasteiger partial charge in [-0.15, -0.1) is 0 Å². The molecule has 0 aliphatic carbocycles. The van der Waals surface area contributed by atoms with Crippen LogP contribution < -0.4 is 4.72 Å². The van der Waals surface area contributed by atoms with Gasteiger partial charge in [-0.3, -0.25) is 9.59 Å². The summed E-state index contributed by atoms with van der Waals surface area (Å²) in [5, 5.41) is 8.62. The number of carbonyl (C=O) groups is 2. The van der Waals surface area contributed by atoms with E-state index >= 15 is 0 Å². The molecular weight excluding hydrogens is 366 g/mol. The smallest absolute Gasteiger partial charge is 0.303 e. The molecule has 2 aromatic rings. The van der Waals surface area contributed by atoms with Gasteiger partial charge in [0, 0.05) is 18.5 Å². The fraction of sp³-hybridized carbons (Fsp3) is 0.176. The van der Waals surface area contributed by atoms with E-state index in [2.05, 4.69) is 4.72 Å². The molecule has 0 saturated carbocycles. The Kier molecular flexibility index (Phi) is 6.30. The van der Waals surface area contributed by atoms with Gasteiger partial charge in [-0.25, -0.2) is 13.1 Å². The molecule has 0 amide bonds. The van der Waals surface area contributed by atoms with E-state index in [0.29, 0.717) is 0 Å². The minimum absolute atomic E-state index is 0.0182. The number of benzene rings is 2. The van der Waals surface area contributed by atoms with Crippen molar-refractivity contribution in [2.45, 2.75) is 24.3 Å². The van der Waals surface area contributed by atoms with E-state index in [1.165, 1.54) is 18.2 Å². The number of aliphatic carboxylic acids is 1. The second kappa shape index (κ2) is 8.24. The number of nitrogens with one attached hydrogen (secondary N) is 1. The minimum Gasteiger partial charge on any atom is -0.481 e. The lowest BCUT2D eigenvalue weighted by Gasteiger charge is -2.10. The fourth-order valence-corrected chi connectivity index (χ4v) is 3.64. The number of halogens is 1. The summed E-state index contributed by atoms with van der Waals surface area (Å²) in [6.45, 7) is 0.0801. The Morgan fingerprint density at radius 1 is 1.04 bits per heavy atom. The van der Waals surface area contributed by atoms with Gasteiger partial charge in [0.2, 0.25) is 10.0 Å². The fourth-order valence-electron chi connectivity index (χ4n) is 2.10. The molecule has 0 unspecified atom stereocenters. The van der Waals surface area contributed by atoms with Crippen LogP contribution in [0.1, 0.15) is 28.8 Å². The second-order valence-corrected chi connectivity index (χ2v) is 7.41. The van der Waals surface area contributed by atoms with Gasteiger partial charge in [0.25, 0.3) is 0 Å². The number of sulfonamides is 1. The van der Waals surface area contributed by atoms with Crippen LogP contribution in [0, 0.1) is 0 Å². The van der Waals surface area contributed by atoms with Gasteiger partial charge in [-0.1, -0.05) is 41.9 Å². The highest BCUT2D eigenvalue weighted by Gasteiger charge is 2.20. The molecule has 0 fully saturated rings. The average Bonchev–Trinajstić information content (AvgIpc) is 2.59. The Morgan fingerprint density at radius 3 is 2.36 bits per heavy atom. The zero-order valence-electron chi connectivity index (χ0n) is 13.1. The third kappa shape index (κ3) is 5.38. The van der Waals surface area contributed by atoms with E-state index < -0.39 is 21.8 Å². The lowest BCUT2D eigenvalue weighted by Crippen LogP contribution is -2.24. The van der Waals surface area contributed by atoms with Crippen molar-refractivity contribution in [3.63, 3.8) is 0 Å². The summed E-state index contributed by atoms with van der Waals surface area (Å²) >= 11 is 5.97. The number of carboxylic acid groups (broad SMARTS) is 1. The van der Waals surface area contributed by atoms with Gasteiger partial charge in [-0.05, 0) is 23.8 Å². The molecule has 0 aliphatic rings. The van der Waals surface area contributed by atoms with Crippen molar-refractivity contribution in [1.82, 2.24) is 4.72 Å². The summed E-state index contributed by atoms with van der Waals surface area (Å²) < 4.78 is 27.4. The predicted octanol–water partition coefficient (Wildman–Crippen LogP) is 2.87. The molecule has 0 radical (unpaired) electrons. The number of carbonyl (C=O) groups excluding carboxylic acids is 1. The third-order valence-corrected chi connectivity index (χ3v) is 5.30. The van der Waals surface area contributed by atoms with Crippen molar-refractivity contribution in [3.05, 3.63) is 64.7 Å². The summed E-state index contributed by atoms with van der Waals surface area (Å²) in [7, 11) is -3.93. The molecule has 25 heavy (non-hydrogen) atoms. The molecule has 0 aromatic heterocycles. The van der Waals surface area contributed by atoms with Crippen LogP contribution in [0.25, 0.3) is 0 Å². The first-order chi connectivity index (χ1) is 11.8. The van der Waals surface area contributed by atoms with Crippen LogP contribution in [0.4, 0.5) is 0 Å². The topological polar surface area (TPSA) is 101 Å². The van der Waals surface area contributed by atoms with Gasteiger partial charge in [0.1, 0.15) is 4.90 Å². The van der Waals surface area contributed by atoms with Crippen LogP contribution in [0.2, 0.25) is 5.02 Å². The lowest BCUT2D eigenvalue weighted by molar-refractivity contribution is -0.136. The number of ketones is 1. The van der Waals surface area contributed by atoms with E-state index in [-0.39, 0.29) is 34.9 Å². The first-order valence-electron chi connectivity index (χ1n) is 7.38. The van der Waals surface area contributed by atoms with Gasteiger partial charge >= 0.3 is 5.97 Å². The van der Waals surface area contributed by atoms with E-state index in [1.54, 1.807) is 24.3 Å². The SMILES string of the molecule is O=C(O)CCC(=O)c1ccc(Cl)c(S(=O)(=O)NCc2ccccc2)c1. The Balaban J connectivity index is 2.20. The van der Waals surface area contributed by atoms with Crippen LogP contribution in [-0.4, -0.2) is 25.3 Å². The van der Waals surface area contributed by atoms with Gasteiger partial charge in [0.15, 0.2) is 5.78 Å². The standard InChI is InChI=1S/C17H16ClNO5S/c18-14-7-6-13(15(20)8-9-17(21)22)10-16(14)25(23,24)19-11-12-4-2-1-3-5-12/h1-7,10,19H,8-9,11H2,(H,21,22). The third-order valence-electron chi connectivity index (χ3n) is 3.42. The van der Waals surface area contributed by atoms with E-state index in [9.17, 15) is 18.0 Å². The summed E-state index contributed by atoms with van der Waals surface area (Å²) in [5.74, 6) is -1.56. The molecule has 0 spiro atoms. The maximum atomic E-state index is 12.5. The molecular formula is C17H16ClNO5S. The molecule has 2 N–H and O–H groups in total. The Labute approximate surface area is 150 Å². The minimum atomic E-state index is -3.93. The number of carboxylic acids is 1. The summed E-state index contributed by atoms with van der Waals surface area (Å²) in [6, 6.07) is 12.8. The summed E-state index contributed by atoms with van der Waals surface area (Å²) in [4.78, 5) is 22.3. The highest BCUT2D eigenvalue weighted by molar-refractivity contribution is 7.89. The Bertz CT molecular complexity index is 881. The number of hydrogen-bond acceptors (Lipinski definition) is 4. The molecule has 132 valence electrons. The highest BCUT2D eigenvalue weighted by Crippen LogP contribution is 2.23. The van der Waals surface area contributed by atoms with E-state index in [0.717, 1.165) is 5.56 Å². The molecule has 6 nitrogen and oxygen atoms in total. The van der Waals surface area contributed by atoms with Crippen molar-refractivity contribution in [3.8, 4) is 0 Å². The van der Waals surface area contributed by atoms with Crippen molar-refractivity contribution >= 4 is 33.4 Å². The van der Waals surface area contributed by atoms with Crippen LogP contribution in [0.3, 0.4) is 0 Å². The normalized spacial score (nSPS) is 11.2. The maximum Gasteiger partial charge on any atom is 0.303 e. The van der Waals surface area contributed by atoms with Crippen molar-refractivity contribution < 1.29 is 23.1 Å². The summed E-state index contributed by atoms with van der Waals surface area (Å²) in [6.07, 6.45) is -0.538. The highest BCUT2D eigenvalue weighted by atomic mass is 35.5.